The molecule has 64 heavy (non-hydrogen) atoms. The highest BCUT2D eigenvalue weighted by atomic mass is 15.1. The molecule has 0 saturated heterocycles. The summed E-state index contributed by atoms with van der Waals surface area (Å²) in [7, 11) is 0. The fourth-order valence-corrected chi connectivity index (χ4v) is 5.66. The van der Waals surface area contributed by atoms with Gasteiger partial charge in [-0.05, 0) is 81.5 Å². The molecule has 0 aliphatic carbocycles. The summed E-state index contributed by atoms with van der Waals surface area (Å²) < 4.78 is 0. The molecule has 7 rings (SSSR count). The van der Waals surface area contributed by atoms with Gasteiger partial charge in [0, 0.05) is 46.1 Å². The maximum atomic E-state index is 7.20. The molecule has 5 heterocycles. The number of aromatic amines is 2. The molecule has 0 bridgehead atoms. The van der Waals surface area contributed by atoms with Crippen LogP contribution in [0.25, 0.3) is 21.9 Å². The SMILES string of the molecule is CC(C)(C)c1ccc(C(=N)N)cn1.CC(C)(C)c1ccc(C(=N)N)nc1.CC(C)(C)c1ccc(N)nc1.CC(C)(C)c1ccc2c(N)n[nH]c2c1.CC(C)(C)c1nc2ccccc2[nH]1. The van der Waals surface area contributed by atoms with Gasteiger partial charge in [0.25, 0.3) is 0 Å². The highest BCUT2D eigenvalue weighted by molar-refractivity contribution is 5.94. The molecule has 0 aliphatic heterocycles. The van der Waals surface area contributed by atoms with Crippen LogP contribution in [-0.4, -0.2) is 46.8 Å². The van der Waals surface area contributed by atoms with E-state index in [1.165, 1.54) is 11.1 Å². The van der Waals surface area contributed by atoms with Gasteiger partial charge in [-0.25, -0.2) is 9.97 Å². The van der Waals surface area contributed by atoms with Crippen molar-refractivity contribution in [2.45, 2.75) is 131 Å². The van der Waals surface area contributed by atoms with Crippen molar-refractivity contribution in [3.05, 3.63) is 137 Å². The van der Waals surface area contributed by atoms with Crippen LogP contribution in [0.4, 0.5) is 11.6 Å². The lowest BCUT2D eigenvalue weighted by Crippen LogP contribution is -2.16. The van der Waals surface area contributed by atoms with Gasteiger partial charge in [0.2, 0.25) is 0 Å². The summed E-state index contributed by atoms with van der Waals surface area (Å²) in [6, 6.07) is 25.7. The molecule has 7 aromatic rings. The van der Waals surface area contributed by atoms with E-state index in [2.05, 4.69) is 157 Å². The molecule has 12 N–H and O–H groups in total. The van der Waals surface area contributed by atoms with Gasteiger partial charge in [0.1, 0.15) is 29.0 Å². The molecule has 0 unspecified atom stereocenters. The van der Waals surface area contributed by atoms with Crippen molar-refractivity contribution in [1.82, 2.24) is 35.1 Å². The zero-order valence-electron chi connectivity index (χ0n) is 40.8. The molecule has 13 nitrogen and oxygen atoms in total. The van der Waals surface area contributed by atoms with Crippen LogP contribution >= 0.6 is 0 Å². The maximum Gasteiger partial charge on any atom is 0.153 e. The lowest BCUT2D eigenvalue weighted by molar-refractivity contribution is 0.554. The van der Waals surface area contributed by atoms with Gasteiger partial charge in [-0.2, -0.15) is 5.10 Å². The Balaban J connectivity index is 0.000000213. The summed E-state index contributed by atoms with van der Waals surface area (Å²) in [6.07, 6.45) is 5.25. The van der Waals surface area contributed by atoms with Crippen LogP contribution in [0.5, 0.6) is 0 Å². The third-order valence-electron chi connectivity index (χ3n) is 9.96. The second-order valence-electron chi connectivity index (χ2n) is 20.9. The predicted octanol–water partition coefficient (Wildman–Crippen LogP) is 10.6. The normalized spacial score (nSPS) is 11.7. The van der Waals surface area contributed by atoms with Crippen molar-refractivity contribution in [3.8, 4) is 0 Å². The first-order chi connectivity index (χ1) is 29.4. The van der Waals surface area contributed by atoms with E-state index in [1.54, 1.807) is 18.5 Å². The number of nitrogens with two attached hydrogens (primary N) is 4. The monoisotopic (exact) mass is 868 g/mol. The minimum Gasteiger partial charge on any atom is -0.384 e. The number of hydrogen-bond donors (Lipinski definition) is 8. The van der Waals surface area contributed by atoms with Crippen LogP contribution < -0.4 is 22.9 Å². The molecule has 2 aromatic carbocycles. The second-order valence-corrected chi connectivity index (χ2v) is 20.9. The molecule has 342 valence electrons. The number of nitrogens with one attached hydrogen (secondary N) is 4. The van der Waals surface area contributed by atoms with E-state index in [0.717, 1.165) is 39.0 Å². The predicted molar refractivity (Wildman–Crippen MR) is 269 cm³/mol. The van der Waals surface area contributed by atoms with Gasteiger partial charge < -0.3 is 27.9 Å². The van der Waals surface area contributed by atoms with E-state index < -0.39 is 0 Å². The third kappa shape index (κ3) is 15.6. The number of amidine groups is 2. The minimum absolute atomic E-state index is 0.0143. The van der Waals surface area contributed by atoms with E-state index in [4.69, 9.17) is 33.8 Å². The van der Waals surface area contributed by atoms with E-state index in [0.29, 0.717) is 22.9 Å². The number of rotatable bonds is 2. The topological polar surface area (TPSA) is 248 Å². The smallest absolute Gasteiger partial charge is 0.153 e. The first-order valence-corrected chi connectivity index (χ1v) is 21.4. The molecule has 0 aliphatic rings. The Morgan fingerprint density at radius 2 is 1.09 bits per heavy atom. The van der Waals surface area contributed by atoms with Gasteiger partial charge in [-0.3, -0.25) is 25.9 Å². The van der Waals surface area contributed by atoms with Gasteiger partial charge in [-0.1, -0.05) is 134 Å². The zero-order valence-corrected chi connectivity index (χ0v) is 40.8. The number of H-pyrrole nitrogens is 2. The van der Waals surface area contributed by atoms with E-state index >= 15 is 0 Å². The van der Waals surface area contributed by atoms with Crippen LogP contribution in [0, 0.1) is 10.8 Å². The van der Waals surface area contributed by atoms with E-state index in [-0.39, 0.29) is 38.7 Å². The number of imidazole rings is 1. The Morgan fingerprint density at radius 1 is 0.531 bits per heavy atom. The Kier molecular flexibility index (Phi) is 16.7. The summed E-state index contributed by atoms with van der Waals surface area (Å²) in [5, 5.41) is 22.3. The highest BCUT2D eigenvalue weighted by Crippen LogP contribution is 2.27. The molecule has 0 radical (unpaired) electrons. The van der Waals surface area contributed by atoms with Crippen LogP contribution in [-0.2, 0) is 27.1 Å². The van der Waals surface area contributed by atoms with Crippen LogP contribution in [0.2, 0.25) is 0 Å². The Bertz CT molecular complexity index is 2460. The fraction of sp³-hybridized carbons (Fsp3) is 0.392. The number of hydrogen-bond acceptors (Lipinski definition) is 9. The molecule has 0 fully saturated rings. The summed E-state index contributed by atoms with van der Waals surface area (Å²) in [6.45, 7) is 32.2. The van der Waals surface area contributed by atoms with Crippen molar-refractivity contribution in [3.63, 3.8) is 0 Å². The second kappa shape index (κ2) is 20.7. The van der Waals surface area contributed by atoms with E-state index in [9.17, 15) is 0 Å². The molecule has 0 amide bonds. The quantitative estimate of drug-likeness (QED) is 0.0607. The number of nitrogen functional groups attached to an aromatic ring is 4. The summed E-state index contributed by atoms with van der Waals surface area (Å²) in [4.78, 5) is 20.2. The van der Waals surface area contributed by atoms with Gasteiger partial charge >= 0.3 is 0 Å². The minimum atomic E-state index is 0.0143. The number of fused-ring (bicyclic) bond motifs is 2. The summed E-state index contributed by atoms with van der Waals surface area (Å²) in [5.74, 6) is 2.28. The molecule has 0 atom stereocenters. The van der Waals surface area contributed by atoms with Gasteiger partial charge in [0.15, 0.2) is 5.82 Å². The van der Waals surface area contributed by atoms with Gasteiger partial charge in [-0.15, -0.1) is 0 Å². The molecule has 0 spiro atoms. The lowest BCUT2D eigenvalue weighted by atomic mass is 9.87. The number of nitrogens with zero attached hydrogens (tertiary/aromatic N) is 5. The van der Waals surface area contributed by atoms with Crippen molar-refractivity contribution >= 4 is 45.2 Å². The Labute approximate surface area is 380 Å². The Hall–Kier alpha value is -6.63. The first-order valence-electron chi connectivity index (χ1n) is 21.4. The number of para-hydroxylation sites is 2. The number of anilines is 2. The zero-order chi connectivity index (χ0) is 48.4. The van der Waals surface area contributed by atoms with Gasteiger partial charge in [0.05, 0.1) is 16.6 Å². The molecule has 0 saturated carbocycles. The number of aromatic nitrogens is 7. The van der Waals surface area contributed by atoms with Crippen LogP contribution in [0.3, 0.4) is 0 Å². The summed E-state index contributed by atoms with van der Waals surface area (Å²) >= 11 is 0. The van der Waals surface area contributed by atoms with Crippen molar-refractivity contribution in [1.29, 1.82) is 10.8 Å². The Morgan fingerprint density at radius 3 is 1.53 bits per heavy atom. The molecular formula is C51H73N13. The largest absolute Gasteiger partial charge is 0.384 e. The number of pyridine rings is 3. The average molecular weight is 868 g/mol. The van der Waals surface area contributed by atoms with E-state index in [1.807, 2.05) is 60.8 Å². The molecular weight excluding hydrogens is 795 g/mol. The maximum absolute atomic E-state index is 7.20. The third-order valence-corrected chi connectivity index (χ3v) is 9.96. The lowest BCUT2D eigenvalue weighted by Gasteiger charge is -2.18. The standard InChI is InChI=1S/C11H15N3.C11H14N2.2C10H15N3.C9H14N2/c1-11(2,3)7-4-5-8-9(6-7)13-14-10(8)12;1-11(2,3)10-12-8-6-4-5-7-9(8)13-10;1-10(2,3)7-4-5-8(9(11)12)13-6-7;1-10(2,3)8-5-4-7(6-13-8)9(11)12;1-9(2,3)7-4-5-8(10)11-6-7/h4-6H,1-3H3,(H3,12,13,14);4-7H,1-3H3,(H,12,13);2*4-6H,1-3H3,(H3,11,12);4-6H,1-3H3,(H2,10,11). The first kappa shape index (κ1) is 51.7. The summed E-state index contributed by atoms with van der Waals surface area (Å²) in [5.41, 5.74) is 31.4. The van der Waals surface area contributed by atoms with Crippen LogP contribution in [0.1, 0.15) is 143 Å². The fourth-order valence-electron chi connectivity index (χ4n) is 5.66. The molecule has 13 heteroatoms. The average Bonchev–Trinajstić information content (AvgIpc) is 3.82. The van der Waals surface area contributed by atoms with Crippen molar-refractivity contribution in [2.75, 3.05) is 11.5 Å². The van der Waals surface area contributed by atoms with Crippen molar-refractivity contribution < 1.29 is 0 Å². The number of benzene rings is 2. The highest BCUT2D eigenvalue weighted by Gasteiger charge is 2.19. The van der Waals surface area contributed by atoms with Crippen LogP contribution in [0.15, 0.2) is 97.5 Å². The van der Waals surface area contributed by atoms with Crippen molar-refractivity contribution in [2.24, 2.45) is 11.5 Å². The molecule has 5 aromatic heterocycles.